The zero-order valence-electron chi connectivity index (χ0n) is 25.7. The Bertz CT molecular complexity index is 1940. The number of unbranched alkanes of at least 4 members (excludes halogenated alkanes) is 1. The van der Waals surface area contributed by atoms with Crippen molar-refractivity contribution < 1.29 is 22.6 Å². The van der Waals surface area contributed by atoms with Gasteiger partial charge in [-0.2, -0.15) is 17.5 Å². The van der Waals surface area contributed by atoms with Crippen LogP contribution in [0, 0.1) is 11.7 Å². The molecule has 0 aliphatic heterocycles. The molecule has 2 heterocycles. The van der Waals surface area contributed by atoms with E-state index in [0.29, 0.717) is 35.0 Å². The van der Waals surface area contributed by atoms with Gasteiger partial charge in [0.05, 0.1) is 24.8 Å². The molecule has 6 rings (SSSR count). The molecular weight excluding hydrogens is 626 g/mol. The lowest BCUT2D eigenvalue weighted by Crippen LogP contribution is -2.34. The number of hydrogen-bond acceptors (Lipinski definition) is 6. The lowest BCUT2D eigenvalue weighted by molar-refractivity contribution is -0.218. The van der Waals surface area contributed by atoms with Crippen molar-refractivity contribution in [1.82, 2.24) is 8.75 Å². The maximum atomic E-state index is 15.5. The molecule has 4 aromatic carbocycles. The number of alkyl halides is 2. The van der Waals surface area contributed by atoms with Crippen LogP contribution < -0.4 is 9.47 Å². The Labute approximate surface area is 274 Å². The molecule has 0 amide bonds. The quantitative estimate of drug-likeness (QED) is 0.131. The lowest BCUT2D eigenvalue weighted by Gasteiger charge is -2.26. The average Bonchev–Trinajstić information content (AvgIpc) is 3.76. The van der Waals surface area contributed by atoms with Crippen LogP contribution in [0.15, 0.2) is 91.0 Å². The second-order valence-electron chi connectivity index (χ2n) is 11.1. The van der Waals surface area contributed by atoms with E-state index in [1.165, 1.54) is 6.07 Å². The Morgan fingerprint density at radius 2 is 1.33 bits per heavy atom. The van der Waals surface area contributed by atoms with Gasteiger partial charge in [0.2, 0.25) is 0 Å². The van der Waals surface area contributed by atoms with Gasteiger partial charge in [-0.05, 0) is 84.1 Å². The van der Waals surface area contributed by atoms with Gasteiger partial charge in [0.15, 0.2) is 0 Å². The summed E-state index contributed by atoms with van der Waals surface area (Å²) < 4.78 is 64.7. The second-order valence-corrected chi connectivity index (χ2v) is 12.8. The molecular formula is C37H33F3N2O2S2. The first-order valence-electron chi connectivity index (χ1n) is 15.3. The van der Waals surface area contributed by atoms with Crippen LogP contribution in [0.3, 0.4) is 0 Å². The van der Waals surface area contributed by atoms with E-state index in [-0.39, 0.29) is 11.6 Å². The number of aromatic nitrogens is 2. The molecule has 4 nitrogen and oxygen atoms in total. The van der Waals surface area contributed by atoms with Crippen molar-refractivity contribution >= 4 is 34.1 Å². The van der Waals surface area contributed by atoms with Gasteiger partial charge in [-0.25, -0.2) is 4.39 Å². The Kier molecular flexibility index (Phi) is 9.42. The largest absolute Gasteiger partial charge is 0.497 e. The first kappa shape index (κ1) is 31.8. The number of halogens is 3. The Morgan fingerprint density at radius 1 is 0.717 bits per heavy atom. The molecule has 0 aliphatic rings. The van der Waals surface area contributed by atoms with Gasteiger partial charge in [-0.15, -0.1) is 11.3 Å². The van der Waals surface area contributed by atoms with E-state index in [1.807, 2.05) is 61.5 Å². The summed E-state index contributed by atoms with van der Waals surface area (Å²) in [5, 5.41) is 0. The molecule has 0 radical (unpaired) electrons. The maximum Gasteiger partial charge on any atom is 0.400 e. The zero-order chi connectivity index (χ0) is 32.3. The third kappa shape index (κ3) is 6.52. The third-order valence-electron chi connectivity index (χ3n) is 8.24. The summed E-state index contributed by atoms with van der Waals surface area (Å²) >= 11 is 2.66. The molecule has 2 aromatic heterocycles. The molecule has 0 saturated heterocycles. The van der Waals surface area contributed by atoms with E-state index >= 15 is 4.39 Å². The second kappa shape index (κ2) is 13.6. The van der Waals surface area contributed by atoms with E-state index < -0.39 is 12.0 Å². The number of benzene rings is 4. The van der Waals surface area contributed by atoms with Crippen molar-refractivity contribution in [3.63, 3.8) is 0 Å². The van der Waals surface area contributed by atoms with Crippen LogP contribution in [0.5, 0.6) is 11.5 Å². The summed E-state index contributed by atoms with van der Waals surface area (Å²) in [5.74, 6) is -0.267. The molecule has 0 spiro atoms. The molecule has 0 N–H and O–H groups in total. The summed E-state index contributed by atoms with van der Waals surface area (Å²) in [4.78, 5) is 1.95. The number of nitrogens with zero attached hydrogens (tertiary/aromatic N) is 2. The monoisotopic (exact) mass is 658 g/mol. The SMILES string of the molecule is CCCCC(CC)C(F)(F)Oc1ccc(-c2ccc(-c3ccc(-c4ccc(-c5ccc(OC)cc5)cc4F)c4nsnc34)s2)cc1. The normalized spacial score (nSPS) is 12.4. The minimum Gasteiger partial charge on any atom is -0.497 e. The van der Waals surface area contributed by atoms with Crippen LogP contribution in [-0.4, -0.2) is 22.0 Å². The summed E-state index contributed by atoms with van der Waals surface area (Å²) in [6.45, 7) is 3.77. The van der Waals surface area contributed by atoms with Gasteiger partial charge in [-0.1, -0.05) is 63.1 Å². The number of hydrogen-bond donors (Lipinski definition) is 0. The molecule has 0 saturated carbocycles. The van der Waals surface area contributed by atoms with Gasteiger partial charge in [0.25, 0.3) is 0 Å². The Hall–Kier alpha value is -4.21. The summed E-state index contributed by atoms with van der Waals surface area (Å²) in [7, 11) is 1.61. The lowest BCUT2D eigenvalue weighted by atomic mass is 9.97. The van der Waals surface area contributed by atoms with E-state index in [1.54, 1.807) is 55.7 Å². The topological polar surface area (TPSA) is 44.2 Å². The molecule has 236 valence electrons. The fraction of sp³-hybridized carbons (Fsp3) is 0.243. The van der Waals surface area contributed by atoms with Crippen molar-refractivity contribution in [3.8, 4) is 54.6 Å². The first-order chi connectivity index (χ1) is 22.3. The van der Waals surface area contributed by atoms with Crippen LogP contribution in [0.1, 0.15) is 39.5 Å². The molecule has 1 atom stereocenters. The number of rotatable bonds is 12. The highest BCUT2D eigenvalue weighted by Crippen LogP contribution is 2.41. The van der Waals surface area contributed by atoms with Crippen molar-refractivity contribution in [2.45, 2.75) is 45.6 Å². The van der Waals surface area contributed by atoms with Gasteiger partial charge < -0.3 is 9.47 Å². The van der Waals surface area contributed by atoms with Gasteiger partial charge in [0, 0.05) is 26.4 Å². The van der Waals surface area contributed by atoms with Crippen LogP contribution in [0.2, 0.25) is 0 Å². The van der Waals surface area contributed by atoms with Crippen molar-refractivity contribution in [3.05, 3.63) is 96.8 Å². The average molecular weight is 659 g/mol. The molecule has 0 bridgehead atoms. The standard InChI is InChI=1S/C37H33F3N2O2S2/c1-4-6-7-26(5-2)37(39,40)44-28-15-10-24(11-16-28)33-20-21-34(45-33)31-19-18-30(35-36(31)42-46-41-35)29-17-12-25(22-32(29)38)23-8-13-27(43-3)14-9-23/h8-22,26H,4-7H2,1-3H3. The van der Waals surface area contributed by atoms with Crippen molar-refractivity contribution in [1.29, 1.82) is 0 Å². The predicted molar refractivity (Wildman–Crippen MR) is 182 cm³/mol. The van der Waals surface area contributed by atoms with Crippen LogP contribution in [0.25, 0.3) is 54.2 Å². The number of fused-ring (bicyclic) bond motifs is 1. The summed E-state index contributed by atoms with van der Waals surface area (Å²) in [6, 6.07) is 27.4. The van der Waals surface area contributed by atoms with Crippen LogP contribution in [0.4, 0.5) is 13.2 Å². The van der Waals surface area contributed by atoms with E-state index in [0.717, 1.165) is 62.3 Å². The number of thiophene rings is 1. The molecule has 9 heteroatoms. The summed E-state index contributed by atoms with van der Waals surface area (Å²) in [5.41, 5.74) is 5.93. The zero-order valence-corrected chi connectivity index (χ0v) is 27.4. The van der Waals surface area contributed by atoms with E-state index in [9.17, 15) is 8.78 Å². The molecule has 0 fully saturated rings. The van der Waals surface area contributed by atoms with Crippen LogP contribution in [-0.2, 0) is 0 Å². The number of ether oxygens (including phenoxy) is 2. The minimum atomic E-state index is -3.22. The molecule has 46 heavy (non-hydrogen) atoms. The Balaban J connectivity index is 1.23. The Morgan fingerprint density at radius 3 is 2.00 bits per heavy atom. The highest BCUT2D eigenvalue weighted by molar-refractivity contribution is 7.19. The number of methoxy groups -OCH3 is 1. The van der Waals surface area contributed by atoms with Gasteiger partial charge >= 0.3 is 6.11 Å². The van der Waals surface area contributed by atoms with Gasteiger partial charge in [-0.3, -0.25) is 0 Å². The maximum absolute atomic E-state index is 15.5. The molecule has 6 aromatic rings. The van der Waals surface area contributed by atoms with Crippen molar-refractivity contribution in [2.75, 3.05) is 7.11 Å². The third-order valence-corrected chi connectivity index (χ3v) is 9.93. The minimum absolute atomic E-state index is 0.149. The molecule has 0 aliphatic carbocycles. The fourth-order valence-electron chi connectivity index (χ4n) is 5.61. The first-order valence-corrected chi connectivity index (χ1v) is 16.8. The smallest absolute Gasteiger partial charge is 0.400 e. The highest BCUT2D eigenvalue weighted by atomic mass is 32.1. The van der Waals surface area contributed by atoms with E-state index in [4.69, 9.17) is 9.47 Å². The van der Waals surface area contributed by atoms with Gasteiger partial charge in [0.1, 0.15) is 28.3 Å². The summed E-state index contributed by atoms with van der Waals surface area (Å²) in [6.07, 6.45) is -0.806. The van der Waals surface area contributed by atoms with Crippen LogP contribution >= 0.6 is 23.1 Å². The fourth-order valence-corrected chi connectivity index (χ4v) is 7.22. The van der Waals surface area contributed by atoms with E-state index in [2.05, 4.69) is 8.75 Å². The van der Waals surface area contributed by atoms with Crippen molar-refractivity contribution in [2.24, 2.45) is 5.92 Å². The molecule has 1 unspecified atom stereocenters. The highest BCUT2D eigenvalue weighted by Gasteiger charge is 2.40. The predicted octanol–water partition coefficient (Wildman–Crippen LogP) is 11.8.